The maximum Gasteiger partial charge on any atom is 0.171 e. The third kappa shape index (κ3) is 3.63. The summed E-state index contributed by atoms with van der Waals surface area (Å²) in [6.45, 7) is 0.292. The number of nitrogens with one attached hydrogen (secondary N) is 1. The standard InChI is InChI=1S/C22H20F2N2O2/c1-27-16-10-17-15(11-25-22(17)26-12-16)9-18-19(23)7-8-20(21(18)24)28-13-14-5-3-2-4-6-14/h2-3,5,7-8,10-12H,4,6,9,13H2,1H3,(H,25,26). The lowest BCUT2D eigenvalue weighted by Crippen LogP contribution is -2.06. The van der Waals surface area contributed by atoms with Crippen LogP contribution in [0.25, 0.3) is 11.0 Å². The van der Waals surface area contributed by atoms with Crippen LogP contribution in [0.2, 0.25) is 0 Å². The summed E-state index contributed by atoms with van der Waals surface area (Å²) in [5.41, 5.74) is 2.43. The molecule has 0 spiro atoms. The first-order valence-corrected chi connectivity index (χ1v) is 9.10. The van der Waals surface area contributed by atoms with Crippen LogP contribution in [-0.4, -0.2) is 23.7 Å². The van der Waals surface area contributed by atoms with Gasteiger partial charge in [-0.1, -0.05) is 18.2 Å². The van der Waals surface area contributed by atoms with Crippen molar-refractivity contribution < 1.29 is 18.3 Å². The highest BCUT2D eigenvalue weighted by molar-refractivity contribution is 5.81. The molecule has 0 fully saturated rings. The second-order valence-corrected chi connectivity index (χ2v) is 6.68. The van der Waals surface area contributed by atoms with Crippen molar-refractivity contribution in [3.8, 4) is 11.5 Å². The van der Waals surface area contributed by atoms with Gasteiger partial charge < -0.3 is 14.5 Å². The van der Waals surface area contributed by atoms with E-state index in [-0.39, 0.29) is 17.7 Å². The highest BCUT2D eigenvalue weighted by Gasteiger charge is 2.18. The summed E-state index contributed by atoms with van der Waals surface area (Å²) in [5.74, 6) is -0.629. The lowest BCUT2D eigenvalue weighted by atomic mass is 10.0. The fraction of sp³-hybridized carbons (Fsp3) is 0.227. The third-order valence-corrected chi connectivity index (χ3v) is 4.86. The van der Waals surface area contributed by atoms with Gasteiger partial charge in [0.25, 0.3) is 0 Å². The van der Waals surface area contributed by atoms with E-state index in [1.165, 1.54) is 12.1 Å². The Kier molecular flexibility index (Phi) is 5.10. The summed E-state index contributed by atoms with van der Waals surface area (Å²) in [4.78, 5) is 7.28. The predicted octanol–water partition coefficient (Wildman–Crippen LogP) is 5.10. The normalized spacial score (nSPS) is 13.6. The number of halogens is 2. The van der Waals surface area contributed by atoms with Crippen molar-refractivity contribution in [3.63, 3.8) is 0 Å². The van der Waals surface area contributed by atoms with Crippen molar-refractivity contribution in [3.05, 3.63) is 77.2 Å². The summed E-state index contributed by atoms with van der Waals surface area (Å²) in [5, 5.41) is 0.767. The molecule has 144 valence electrons. The van der Waals surface area contributed by atoms with Crippen molar-refractivity contribution in [1.29, 1.82) is 0 Å². The second-order valence-electron chi connectivity index (χ2n) is 6.68. The SMILES string of the molecule is COc1cnc2[nH]cc(Cc3c(F)ccc(OCC4=CC=CCC4)c3F)c2c1. The number of aromatic amines is 1. The zero-order chi connectivity index (χ0) is 19.5. The van der Waals surface area contributed by atoms with Crippen LogP contribution in [0.5, 0.6) is 11.5 Å². The van der Waals surface area contributed by atoms with Crippen molar-refractivity contribution >= 4 is 11.0 Å². The van der Waals surface area contributed by atoms with Gasteiger partial charge >= 0.3 is 0 Å². The minimum Gasteiger partial charge on any atom is -0.495 e. The van der Waals surface area contributed by atoms with Gasteiger partial charge in [-0.3, -0.25) is 0 Å². The number of aromatic nitrogens is 2. The van der Waals surface area contributed by atoms with Gasteiger partial charge in [-0.05, 0) is 42.2 Å². The molecule has 4 rings (SSSR count). The third-order valence-electron chi connectivity index (χ3n) is 4.86. The Morgan fingerprint density at radius 2 is 2.14 bits per heavy atom. The van der Waals surface area contributed by atoms with Gasteiger partial charge in [-0.2, -0.15) is 0 Å². The Bertz CT molecular complexity index is 1070. The molecule has 28 heavy (non-hydrogen) atoms. The Hall–Kier alpha value is -3.15. The number of benzene rings is 1. The molecule has 1 aliphatic carbocycles. The highest BCUT2D eigenvalue weighted by atomic mass is 19.1. The average Bonchev–Trinajstić information content (AvgIpc) is 3.13. The summed E-state index contributed by atoms with van der Waals surface area (Å²) in [6, 6.07) is 4.39. The molecule has 0 radical (unpaired) electrons. The Labute approximate surface area is 161 Å². The number of rotatable bonds is 6. The van der Waals surface area contributed by atoms with Crippen LogP contribution in [0.3, 0.4) is 0 Å². The van der Waals surface area contributed by atoms with E-state index in [2.05, 4.69) is 16.0 Å². The Morgan fingerprint density at radius 1 is 1.25 bits per heavy atom. The number of methoxy groups -OCH3 is 1. The largest absolute Gasteiger partial charge is 0.495 e. The van der Waals surface area contributed by atoms with Crippen LogP contribution < -0.4 is 9.47 Å². The van der Waals surface area contributed by atoms with Crippen LogP contribution in [-0.2, 0) is 6.42 Å². The maximum absolute atomic E-state index is 15.0. The van der Waals surface area contributed by atoms with Crippen molar-refractivity contribution in [2.75, 3.05) is 13.7 Å². The highest BCUT2D eigenvalue weighted by Crippen LogP contribution is 2.29. The van der Waals surface area contributed by atoms with E-state index in [0.717, 1.165) is 29.4 Å². The van der Waals surface area contributed by atoms with E-state index in [1.54, 1.807) is 25.6 Å². The van der Waals surface area contributed by atoms with E-state index in [1.807, 2.05) is 12.2 Å². The number of ether oxygens (including phenoxy) is 2. The zero-order valence-corrected chi connectivity index (χ0v) is 15.5. The molecule has 1 aliphatic rings. The summed E-state index contributed by atoms with van der Waals surface area (Å²) in [6.07, 6.45) is 11.2. The quantitative estimate of drug-likeness (QED) is 0.646. The first-order valence-electron chi connectivity index (χ1n) is 9.10. The number of hydrogen-bond donors (Lipinski definition) is 1. The maximum atomic E-state index is 15.0. The van der Waals surface area contributed by atoms with E-state index in [9.17, 15) is 8.78 Å². The van der Waals surface area contributed by atoms with E-state index >= 15 is 0 Å². The number of hydrogen-bond acceptors (Lipinski definition) is 3. The van der Waals surface area contributed by atoms with Gasteiger partial charge in [0.1, 0.15) is 23.8 Å². The molecule has 0 saturated heterocycles. The lowest BCUT2D eigenvalue weighted by molar-refractivity contribution is 0.325. The topological polar surface area (TPSA) is 47.1 Å². The number of pyridine rings is 1. The molecule has 0 aliphatic heterocycles. The zero-order valence-electron chi connectivity index (χ0n) is 15.5. The van der Waals surface area contributed by atoms with Crippen LogP contribution in [0.4, 0.5) is 8.78 Å². The molecule has 1 aromatic carbocycles. The molecule has 2 aromatic heterocycles. The number of H-pyrrole nitrogens is 1. The number of fused-ring (bicyclic) bond motifs is 1. The first-order chi connectivity index (χ1) is 13.7. The lowest BCUT2D eigenvalue weighted by Gasteiger charge is -2.13. The predicted molar refractivity (Wildman–Crippen MR) is 104 cm³/mol. The van der Waals surface area contributed by atoms with Crippen LogP contribution in [0.1, 0.15) is 24.0 Å². The second kappa shape index (κ2) is 7.84. The molecular weight excluding hydrogens is 362 g/mol. The fourth-order valence-corrected chi connectivity index (χ4v) is 3.28. The Morgan fingerprint density at radius 3 is 2.93 bits per heavy atom. The molecule has 6 heteroatoms. The van der Waals surface area contributed by atoms with Crippen LogP contribution in [0.15, 0.2) is 54.4 Å². The summed E-state index contributed by atoms with van der Waals surface area (Å²) in [7, 11) is 1.55. The van der Waals surface area contributed by atoms with Gasteiger partial charge in [0.15, 0.2) is 11.6 Å². The van der Waals surface area contributed by atoms with Crippen molar-refractivity contribution in [2.24, 2.45) is 0 Å². The molecule has 0 saturated carbocycles. The van der Waals surface area contributed by atoms with Gasteiger partial charge in [0, 0.05) is 23.6 Å². The molecule has 0 bridgehead atoms. The minimum absolute atomic E-state index is 0.0289. The summed E-state index contributed by atoms with van der Waals surface area (Å²) < 4.78 is 40.2. The molecule has 0 unspecified atom stereocenters. The average molecular weight is 382 g/mol. The minimum atomic E-state index is -0.669. The van der Waals surface area contributed by atoms with Crippen molar-refractivity contribution in [2.45, 2.75) is 19.3 Å². The van der Waals surface area contributed by atoms with E-state index < -0.39 is 11.6 Å². The molecular formula is C22H20F2N2O2. The monoisotopic (exact) mass is 382 g/mol. The van der Waals surface area contributed by atoms with Crippen molar-refractivity contribution in [1.82, 2.24) is 9.97 Å². The molecule has 0 amide bonds. The molecule has 1 N–H and O–H groups in total. The van der Waals surface area contributed by atoms with Gasteiger partial charge in [-0.15, -0.1) is 0 Å². The molecule has 0 atom stereocenters. The van der Waals surface area contributed by atoms with Gasteiger partial charge in [0.2, 0.25) is 0 Å². The fourth-order valence-electron chi connectivity index (χ4n) is 3.28. The molecule has 2 heterocycles. The van der Waals surface area contributed by atoms with Crippen LogP contribution >= 0.6 is 0 Å². The van der Waals surface area contributed by atoms with Gasteiger partial charge in [0.05, 0.1) is 13.3 Å². The smallest absolute Gasteiger partial charge is 0.171 e. The van der Waals surface area contributed by atoms with E-state index in [4.69, 9.17) is 9.47 Å². The number of nitrogens with zero attached hydrogens (tertiary/aromatic N) is 1. The number of allylic oxidation sites excluding steroid dienone is 3. The van der Waals surface area contributed by atoms with Crippen LogP contribution in [0, 0.1) is 11.6 Å². The Balaban J connectivity index is 1.61. The molecule has 4 nitrogen and oxygen atoms in total. The summed E-state index contributed by atoms with van der Waals surface area (Å²) >= 11 is 0. The first kappa shape index (κ1) is 18.2. The van der Waals surface area contributed by atoms with E-state index in [0.29, 0.717) is 18.0 Å². The molecule has 3 aromatic rings. The van der Waals surface area contributed by atoms with Gasteiger partial charge in [-0.25, -0.2) is 13.8 Å².